The number of rotatable bonds is 7. The molecule has 0 bridgehead atoms. The molecule has 2 rings (SSSR count). The molecule has 0 fully saturated rings. The molecule has 0 aliphatic heterocycles. The van der Waals surface area contributed by atoms with Crippen molar-refractivity contribution in [2.24, 2.45) is 0 Å². The van der Waals surface area contributed by atoms with E-state index in [2.05, 4.69) is 79.4 Å². The summed E-state index contributed by atoms with van der Waals surface area (Å²) in [7, 11) is 1.78. The van der Waals surface area contributed by atoms with Crippen LogP contribution in [0.4, 0.5) is 0 Å². The number of ether oxygens (including phenoxy) is 1. The SMILES string of the molecule is COC(C)C(C)N(Cc1ccccc1)Cc1ccccc1. The van der Waals surface area contributed by atoms with Gasteiger partial charge in [0.25, 0.3) is 0 Å². The van der Waals surface area contributed by atoms with E-state index in [0.29, 0.717) is 6.04 Å². The Hall–Kier alpha value is -1.64. The molecule has 0 heterocycles. The van der Waals surface area contributed by atoms with Crippen LogP contribution < -0.4 is 0 Å². The number of hydrogen-bond donors (Lipinski definition) is 0. The fourth-order valence-corrected chi connectivity index (χ4v) is 2.47. The molecule has 0 aliphatic carbocycles. The third-order valence-electron chi connectivity index (χ3n) is 4.08. The molecule has 0 N–H and O–H groups in total. The zero-order chi connectivity index (χ0) is 15.1. The van der Waals surface area contributed by atoms with Gasteiger partial charge < -0.3 is 4.74 Å². The van der Waals surface area contributed by atoms with Crippen LogP contribution in [0.25, 0.3) is 0 Å². The van der Waals surface area contributed by atoms with E-state index >= 15 is 0 Å². The second-order valence-electron chi connectivity index (χ2n) is 5.56. The minimum absolute atomic E-state index is 0.206. The number of hydrogen-bond acceptors (Lipinski definition) is 2. The fraction of sp³-hybridized carbons (Fsp3) is 0.368. The van der Waals surface area contributed by atoms with Crippen molar-refractivity contribution >= 4 is 0 Å². The monoisotopic (exact) mass is 283 g/mol. The van der Waals surface area contributed by atoms with Gasteiger partial charge in [-0.25, -0.2) is 0 Å². The van der Waals surface area contributed by atoms with Gasteiger partial charge in [-0.15, -0.1) is 0 Å². The van der Waals surface area contributed by atoms with Gasteiger partial charge >= 0.3 is 0 Å². The Morgan fingerprint density at radius 3 is 1.62 bits per heavy atom. The first-order chi connectivity index (χ1) is 10.2. The molecule has 0 radical (unpaired) electrons. The van der Waals surface area contributed by atoms with Gasteiger partial charge in [-0.05, 0) is 25.0 Å². The van der Waals surface area contributed by atoms with Crippen LogP contribution in [0.2, 0.25) is 0 Å². The molecule has 2 aromatic rings. The van der Waals surface area contributed by atoms with Crippen molar-refractivity contribution in [2.75, 3.05) is 7.11 Å². The van der Waals surface area contributed by atoms with Crippen molar-refractivity contribution in [3.8, 4) is 0 Å². The molecule has 2 unspecified atom stereocenters. The number of methoxy groups -OCH3 is 1. The average molecular weight is 283 g/mol. The molecule has 2 heteroatoms. The second-order valence-corrected chi connectivity index (χ2v) is 5.56. The van der Waals surface area contributed by atoms with Crippen molar-refractivity contribution in [2.45, 2.75) is 39.1 Å². The zero-order valence-electron chi connectivity index (χ0n) is 13.2. The fourth-order valence-electron chi connectivity index (χ4n) is 2.47. The predicted molar refractivity (Wildman–Crippen MR) is 88.1 cm³/mol. The van der Waals surface area contributed by atoms with Crippen molar-refractivity contribution in [1.29, 1.82) is 0 Å². The first-order valence-corrected chi connectivity index (χ1v) is 7.55. The summed E-state index contributed by atoms with van der Waals surface area (Å²) in [4.78, 5) is 2.47. The Morgan fingerprint density at radius 1 is 0.810 bits per heavy atom. The van der Waals surface area contributed by atoms with Gasteiger partial charge in [0, 0.05) is 26.2 Å². The lowest BCUT2D eigenvalue weighted by atomic mass is 10.1. The molecule has 112 valence electrons. The van der Waals surface area contributed by atoms with Crippen LogP contribution in [0.15, 0.2) is 60.7 Å². The van der Waals surface area contributed by atoms with Crippen molar-refractivity contribution in [3.05, 3.63) is 71.8 Å². The molecule has 2 nitrogen and oxygen atoms in total. The molecule has 0 spiro atoms. The first-order valence-electron chi connectivity index (χ1n) is 7.55. The van der Waals surface area contributed by atoms with E-state index in [1.54, 1.807) is 7.11 Å². The topological polar surface area (TPSA) is 12.5 Å². The Labute approximate surface area is 128 Å². The molecular weight excluding hydrogens is 258 g/mol. The summed E-state index contributed by atoms with van der Waals surface area (Å²) in [5.41, 5.74) is 2.67. The maximum absolute atomic E-state index is 5.53. The van der Waals surface area contributed by atoms with Crippen molar-refractivity contribution in [1.82, 2.24) is 4.90 Å². The van der Waals surface area contributed by atoms with Gasteiger partial charge in [0.15, 0.2) is 0 Å². The van der Waals surface area contributed by atoms with Crippen LogP contribution in [0.5, 0.6) is 0 Å². The highest BCUT2D eigenvalue weighted by Crippen LogP contribution is 2.16. The summed E-state index contributed by atoms with van der Waals surface area (Å²) in [6, 6.07) is 21.6. The normalized spacial score (nSPS) is 14.1. The van der Waals surface area contributed by atoms with Crippen LogP contribution in [0, 0.1) is 0 Å². The van der Waals surface area contributed by atoms with Gasteiger partial charge in [0.2, 0.25) is 0 Å². The molecule has 0 aliphatic rings. The van der Waals surface area contributed by atoms with E-state index in [1.165, 1.54) is 11.1 Å². The molecule has 2 atom stereocenters. The van der Waals surface area contributed by atoms with Crippen LogP contribution in [0.3, 0.4) is 0 Å². The summed E-state index contributed by atoms with van der Waals surface area (Å²) >= 11 is 0. The molecule has 2 aromatic carbocycles. The standard InChI is InChI=1S/C19H25NO/c1-16(17(2)21-3)20(14-18-10-6-4-7-11-18)15-19-12-8-5-9-13-19/h4-13,16-17H,14-15H2,1-3H3. The minimum Gasteiger partial charge on any atom is -0.380 e. The largest absolute Gasteiger partial charge is 0.380 e. The van der Waals surface area contributed by atoms with E-state index in [0.717, 1.165) is 13.1 Å². The van der Waals surface area contributed by atoms with Crippen LogP contribution in [-0.4, -0.2) is 24.2 Å². The van der Waals surface area contributed by atoms with Crippen LogP contribution in [-0.2, 0) is 17.8 Å². The van der Waals surface area contributed by atoms with E-state index in [-0.39, 0.29) is 6.10 Å². The molecule has 0 saturated carbocycles. The molecule has 0 saturated heterocycles. The van der Waals surface area contributed by atoms with Crippen LogP contribution >= 0.6 is 0 Å². The van der Waals surface area contributed by atoms with Gasteiger partial charge in [-0.3, -0.25) is 4.90 Å². The lowest BCUT2D eigenvalue weighted by molar-refractivity contribution is 0.0261. The van der Waals surface area contributed by atoms with Crippen molar-refractivity contribution in [3.63, 3.8) is 0 Å². The number of nitrogens with zero attached hydrogens (tertiary/aromatic N) is 1. The molecule has 0 amide bonds. The quantitative estimate of drug-likeness (QED) is 0.758. The average Bonchev–Trinajstić information content (AvgIpc) is 2.54. The first kappa shape index (κ1) is 15.7. The predicted octanol–water partition coefficient (Wildman–Crippen LogP) is 4.11. The highest BCUT2D eigenvalue weighted by molar-refractivity contribution is 5.17. The summed E-state index contributed by atoms with van der Waals surface area (Å²) in [5.74, 6) is 0. The Bertz CT molecular complexity index is 470. The molecule has 21 heavy (non-hydrogen) atoms. The Balaban J connectivity index is 2.13. The van der Waals surface area contributed by atoms with E-state index in [4.69, 9.17) is 4.74 Å². The third-order valence-corrected chi connectivity index (χ3v) is 4.08. The van der Waals surface area contributed by atoms with E-state index in [1.807, 2.05) is 0 Å². The summed E-state index contributed by atoms with van der Waals surface area (Å²) < 4.78 is 5.53. The van der Waals surface area contributed by atoms with Gasteiger partial charge in [0.1, 0.15) is 0 Å². The Kier molecular flexibility index (Phi) is 5.97. The second kappa shape index (κ2) is 7.96. The molecular formula is C19H25NO. The summed E-state index contributed by atoms with van der Waals surface area (Å²) in [5, 5.41) is 0. The lowest BCUT2D eigenvalue weighted by Crippen LogP contribution is -2.40. The van der Waals surface area contributed by atoms with Gasteiger partial charge in [0.05, 0.1) is 6.10 Å². The highest BCUT2D eigenvalue weighted by Gasteiger charge is 2.20. The van der Waals surface area contributed by atoms with Gasteiger partial charge in [-0.1, -0.05) is 60.7 Å². The smallest absolute Gasteiger partial charge is 0.0695 e. The Morgan fingerprint density at radius 2 is 1.24 bits per heavy atom. The summed E-state index contributed by atoms with van der Waals surface area (Å²) in [6.07, 6.45) is 0.206. The highest BCUT2D eigenvalue weighted by atomic mass is 16.5. The zero-order valence-corrected chi connectivity index (χ0v) is 13.2. The van der Waals surface area contributed by atoms with Crippen LogP contribution in [0.1, 0.15) is 25.0 Å². The third kappa shape index (κ3) is 4.69. The maximum Gasteiger partial charge on any atom is 0.0695 e. The van der Waals surface area contributed by atoms with E-state index in [9.17, 15) is 0 Å². The maximum atomic E-state index is 5.53. The van der Waals surface area contributed by atoms with Gasteiger partial charge in [-0.2, -0.15) is 0 Å². The number of benzene rings is 2. The minimum atomic E-state index is 0.206. The lowest BCUT2D eigenvalue weighted by Gasteiger charge is -2.32. The molecule has 0 aromatic heterocycles. The van der Waals surface area contributed by atoms with Crippen molar-refractivity contribution < 1.29 is 4.74 Å². The summed E-state index contributed by atoms with van der Waals surface area (Å²) in [6.45, 7) is 6.24. The van der Waals surface area contributed by atoms with E-state index < -0.39 is 0 Å².